The normalized spacial score (nSPS) is 26.0. The topological polar surface area (TPSA) is 71.0 Å². The Morgan fingerprint density at radius 3 is 2.84 bits per heavy atom. The van der Waals surface area contributed by atoms with Gasteiger partial charge in [0.1, 0.15) is 47.5 Å². The summed E-state index contributed by atoms with van der Waals surface area (Å²) >= 11 is 0. The van der Waals surface area contributed by atoms with Crippen LogP contribution in [0.3, 0.4) is 0 Å². The fraction of sp³-hybridized carbons (Fsp3) is 0.412. The molecule has 4 aliphatic rings. The molecule has 0 unspecified atom stereocenters. The zero-order chi connectivity index (χ0) is 30.3. The zero-order valence-corrected chi connectivity index (χ0v) is 24.2. The number of aromatic hydroxyl groups is 1. The predicted molar refractivity (Wildman–Crippen MR) is 161 cm³/mol. The Kier molecular flexibility index (Phi) is 6.14. The average Bonchev–Trinajstić information content (AvgIpc) is 3.69. The van der Waals surface area contributed by atoms with Gasteiger partial charge >= 0.3 is 6.01 Å². The minimum absolute atomic E-state index is 0.00236. The van der Waals surface area contributed by atoms with E-state index in [1.165, 1.54) is 24.3 Å². The third-order valence-corrected chi connectivity index (χ3v) is 10.1. The number of rotatable bonds is 4. The molecule has 2 saturated heterocycles. The molecular formula is C34H31F3N4O3. The van der Waals surface area contributed by atoms with Crippen LogP contribution in [0, 0.1) is 24.0 Å². The number of nitrogens with zero attached hydrogens (tertiary/aromatic N) is 4. The minimum atomic E-state index is -0.916. The predicted octanol–water partition coefficient (Wildman–Crippen LogP) is 6.12. The minimum Gasteiger partial charge on any atom is -0.508 e. The van der Waals surface area contributed by atoms with Crippen molar-refractivity contribution < 1.29 is 27.8 Å². The number of phenols is 1. The van der Waals surface area contributed by atoms with Gasteiger partial charge in [0.05, 0.1) is 22.5 Å². The molecule has 1 aliphatic carbocycles. The Balaban J connectivity index is 1.34. The van der Waals surface area contributed by atoms with E-state index < -0.39 is 23.3 Å². The monoisotopic (exact) mass is 600 g/mol. The summed E-state index contributed by atoms with van der Waals surface area (Å²) in [6, 6.07) is 7.15. The number of aromatic nitrogens is 2. The van der Waals surface area contributed by atoms with Gasteiger partial charge in [-0.3, -0.25) is 4.90 Å². The summed E-state index contributed by atoms with van der Waals surface area (Å²) in [5, 5.41) is 11.8. The molecule has 7 nitrogen and oxygen atoms in total. The lowest BCUT2D eigenvalue weighted by molar-refractivity contribution is 0.107. The van der Waals surface area contributed by atoms with Gasteiger partial charge in [0.25, 0.3) is 0 Å². The third kappa shape index (κ3) is 4.02. The Morgan fingerprint density at radius 2 is 2.00 bits per heavy atom. The lowest BCUT2D eigenvalue weighted by atomic mass is 9.92. The molecule has 4 heterocycles. The summed E-state index contributed by atoms with van der Waals surface area (Å²) in [6.07, 6.45) is 9.46. The quantitative estimate of drug-likeness (QED) is 0.283. The molecule has 3 aromatic carbocycles. The highest BCUT2D eigenvalue weighted by molar-refractivity contribution is 6.05. The molecule has 4 atom stereocenters. The molecule has 3 aliphatic heterocycles. The highest BCUT2D eigenvalue weighted by Gasteiger charge is 2.49. The summed E-state index contributed by atoms with van der Waals surface area (Å²) in [5.74, 6) is 1.83. The first-order chi connectivity index (χ1) is 21.3. The lowest BCUT2D eigenvalue weighted by Crippen LogP contribution is -2.43. The second kappa shape index (κ2) is 9.89. The number of hydrogen-bond donors (Lipinski definition) is 1. The van der Waals surface area contributed by atoms with Crippen LogP contribution >= 0.6 is 0 Å². The molecule has 0 spiro atoms. The molecular weight excluding hydrogens is 569 g/mol. The van der Waals surface area contributed by atoms with Crippen LogP contribution in [0.2, 0.25) is 0 Å². The second-order valence-electron chi connectivity index (χ2n) is 12.6. The Bertz CT molecular complexity index is 1890. The van der Waals surface area contributed by atoms with Gasteiger partial charge < -0.3 is 19.5 Å². The number of anilines is 1. The first-order valence-electron chi connectivity index (χ1n) is 15.1. The van der Waals surface area contributed by atoms with Crippen molar-refractivity contribution in [2.45, 2.75) is 62.4 Å². The van der Waals surface area contributed by atoms with Gasteiger partial charge in [0.2, 0.25) is 0 Å². The molecule has 1 N–H and O–H groups in total. The van der Waals surface area contributed by atoms with Gasteiger partial charge in [-0.15, -0.1) is 6.42 Å². The van der Waals surface area contributed by atoms with Crippen LogP contribution in [0.1, 0.15) is 44.1 Å². The fourth-order valence-electron chi connectivity index (χ4n) is 8.05. The molecule has 8 rings (SSSR count). The summed E-state index contributed by atoms with van der Waals surface area (Å²) < 4.78 is 59.0. The van der Waals surface area contributed by atoms with E-state index in [9.17, 15) is 13.9 Å². The molecule has 44 heavy (non-hydrogen) atoms. The zero-order valence-electron chi connectivity index (χ0n) is 24.2. The van der Waals surface area contributed by atoms with E-state index in [0.717, 1.165) is 38.6 Å². The summed E-state index contributed by atoms with van der Waals surface area (Å²) in [7, 11) is 1.92. The number of likely N-dealkylation sites (N-methyl/N-ethyl adjacent to an activating group) is 1. The molecule has 0 amide bonds. The largest absolute Gasteiger partial charge is 0.508 e. The van der Waals surface area contributed by atoms with Crippen molar-refractivity contribution in [3.63, 3.8) is 0 Å². The fourth-order valence-corrected chi connectivity index (χ4v) is 8.05. The Labute approximate surface area is 252 Å². The van der Waals surface area contributed by atoms with Crippen molar-refractivity contribution in [3.05, 3.63) is 47.5 Å². The first kappa shape index (κ1) is 27.3. The first-order valence-corrected chi connectivity index (χ1v) is 15.1. The number of benzene rings is 3. The van der Waals surface area contributed by atoms with Gasteiger partial charge in [-0.25, -0.2) is 13.2 Å². The van der Waals surface area contributed by atoms with Crippen LogP contribution < -0.4 is 14.4 Å². The second-order valence-corrected chi connectivity index (χ2v) is 12.6. The van der Waals surface area contributed by atoms with Gasteiger partial charge in [-0.2, -0.15) is 9.97 Å². The number of phenolic OH excluding ortho intramolecular Hbond substituents is 1. The van der Waals surface area contributed by atoms with Crippen molar-refractivity contribution in [2.75, 3.05) is 31.6 Å². The van der Waals surface area contributed by atoms with Crippen molar-refractivity contribution >= 4 is 27.5 Å². The Hall–Kier alpha value is -4.23. The third-order valence-electron chi connectivity index (χ3n) is 10.1. The van der Waals surface area contributed by atoms with Crippen molar-refractivity contribution in [1.82, 2.24) is 14.9 Å². The molecule has 1 saturated carbocycles. The molecule has 10 heteroatoms. The van der Waals surface area contributed by atoms with Crippen LogP contribution in [0.15, 0.2) is 30.3 Å². The van der Waals surface area contributed by atoms with E-state index in [1.54, 1.807) is 6.07 Å². The SMILES string of the molecule is C#Cc1c(F)ccc2cc(O)cc(-c3cc4c5c(nc(OC[C@@]67CCCN6C[C@H](F)C7)nc5c3F)N(C)[C@H]3CCC[C@@H]3O4)c12. The molecule has 1 aromatic heterocycles. The van der Waals surface area contributed by atoms with Crippen molar-refractivity contribution in [2.24, 2.45) is 0 Å². The van der Waals surface area contributed by atoms with Gasteiger partial charge in [0, 0.05) is 31.0 Å². The van der Waals surface area contributed by atoms with Gasteiger partial charge in [-0.1, -0.05) is 12.0 Å². The highest BCUT2D eigenvalue weighted by atomic mass is 19.1. The number of hydrogen-bond acceptors (Lipinski definition) is 7. The maximum atomic E-state index is 16.9. The number of fused-ring (bicyclic) bond motifs is 3. The maximum Gasteiger partial charge on any atom is 0.319 e. The van der Waals surface area contributed by atoms with Crippen molar-refractivity contribution in [3.8, 4) is 41.0 Å². The Morgan fingerprint density at radius 1 is 1.14 bits per heavy atom. The van der Waals surface area contributed by atoms with E-state index in [-0.39, 0.29) is 52.7 Å². The van der Waals surface area contributed by atoms with Gasteiger partial charge in [0.15, 0.2) is 5.82 Å². The smallest absolute Gasteiger partial charge is 0.319 e. The number of halogens is 3. The van der Waals surface area contributed by atoms with E-state index in [2.05, 4.69) is 15.8 Å². The number of ether oxygens (including phenoxy) is 2. The van der Waals surface area contributed by atoms with Crippen LogP contribution in [0.4, 0.5) is 19.0 Å². The van der Waals surface area contributed by atoms with Crippen LogP contribution in [0.5, 0.6) is 17.5 Å². The standard InChI is InChI=1S/C34H31F3N4O3/c1-3-21-24(36)9-8-18-12-20(42)13-22(28(18)21)23-14-27-29-31(30(23)37)38-33(39-32(29)40(2)25-6-4-7-26(25)44-27)43-17-34-10-5-11-41(34)16-19(35)15-34/h1,8-9,12-14,19,25-26,42H,4-7,10-11,15-17H2,2H3/t19-,25+,26+,34+/m1/s1. The lowest BCUT2D eigenvalue weighted by Gasteiger charge is -2.31. The number of alkyl halides is 1. The molecule has 3 fully saturated rings. The summed E-state index contributed by atoms with van der Waals surface area (Å²) in [6.45, 7) is 1.40. The van der Waals surface area contributed by atoms with E-state index >= 15 is 4.39 Å². The van der Waals surface area contributed by atoms with Crippen LogP contribution in [-0.4, -0.2) is 70.6 Å². The molecule has 0 radical (unpaired) electrons. The maximum absolute atomic E-state index is 16.9. The number of terminal acetylenes is 1. The molecule has 0 bridgehead atoms. The van der Waals surface area contributed by atoms with Crippen LogP contribution in [-0.2, 0) is 0 Å². The summed E-state index contributed by atoms with van der Waals surface area (Å²) in [5.41, 5.74) is -0.207. The van der Waals surface area contributed by atoms with E-state index in [0.29, 0.717) is 40.7 Å². The van der Waals surface area contributed by atoms with Crippen molar-refractivity contribution in [1.29, 1.82) is 0 Å². The molecule has 4 aromatic rings. The molecule has 226 valence electrons. The highest BCUT2D eigenvalue weighted by Crippen LogP contribution is 2.47. The van der Waals surface area contributed by atoms with E-state index in [4.69, 9.17) is 20.9 Å². The average molecular weight is 601 g/mol. The van der Waals surface area contributed by atoms with E-state index in [1.807, 2.05) is 11.9 Å². The summed E-state index contributed by atoms with van der Waals surface area (Å²) in [4.78, 5) is 13.5. The van der Waals surface area contributed by atoms with Crippen LogP contribution in [0.25, 0.3) is 32.8 Å². The van der Waals surface area contributed by atoms with Gasteiger partial charge in [-0.05, 0) is 73.9 Å².